The topological polar surface area (TPSA) is 32.8 Å². The Morgan fingerprint density at radius 1 is 1.07 bits per heavy atom. The Hall–Kier alpha value is -2.66. The average Bonchev–Trinajstić information content (AvgIpc) is 2.74. The van der Waals surface area contributed by atoms with Gasteiger partial charge in [-0.1, -0.05) is 49.4 Å². The van der Waals surface area contributed by atoms with Crippen LogP contribution in [0, 0.1) is 5.82 Å². The number of carbonyl (C=O) groups excluding carboxylic acids is 1. The standard InChI is InChI=1S/C23H27FN2O2/c1-2-22(28-21-12-10-20(24)11-13-21)23(27)26-17-15-25(16-18-26)14-6-9-19-7-4-3-5-8-19/h3-13,22H,2,14-18H2,1H3/b9-6+/t22-/m1/s1. The highest BCUT2D eigenvalue weighted by atomic mass is 19.1. The molecule has 0 saturated carbocycles. The third-order valence-electron chi connectivity index (χ3n) is 4.90. The van der Waals surface area contributed by atoms with E-state index in [1.54, 1.807) is 12.1 Å². The maximum absolute atomic E-state index is 13.0. The van der Waals surface area contributed by atoms with E-state index < -0.39 is 6.10 Å². The molecule has 148 valence electrons. The Balaban J connectivity index is 1.47. The summed E-state index contributed by atoms with van der Waals surface area (Å²) in [6.45, 7) is 5.88. The summed E-state index contributed by atoms with van der Waals surface area (Å²) < 4.78 is 18.8. The van der Waals surface area contributed by atoms with E-state index in [1.807, 2.05) is 30.0 Å². The molecule has 1 saturated heterocycles. The summed E-state index contributed by atoms with van der Waals surface area (Å²) in [6.07, 6.45) is 4.34. The fourth-order valence-corrected chi connectivity index (χ4v) is 3.24. The molecule has 3 rings (SSSR count). The Morgan fingerprint density at radius 2 is 1.75 bits per heavy atom. The minimum atomic E-state index is -0.532. The molecule has 1 atom stereocenters. The van der Waals surface area contributed by atoms with Crippen molar-refractivity contribution >= 4 is 12.0 Å². The third kappa shape index (κ3) is 5.67. The van der Waals surface area contributed by atoms with Crippen molar-refractivity contribution in [3.63, 3.8) is 0 Å². The second-order valence-electron chi connectivity index (χ2n) is 6.91. The number of nitrogens with zero attached hydrogens (tertiary/aromatic N) is 2. The van der Waals surface area contributed by atoms with Crippen molar-refractivity contribution in [1.29, 1.82) is 0 Å². The van der Waals surface area contributed by atoms with Gasteiger partial charge in [0, 0.05) is 32.7 Å². The van der Waals surface area contributed by atoms with Crippen LogP contribution < -0.4 is 4.74 Å². The molecule has 0 aromatic heterocycles. The maximum atomic E-state index is 13.0. The molecule has 5 heteroatoms. The largest absolute Gasteiger partial charge is 0.481 e. The molecule has 1 heterocycles. The van der Waals surface area contributed by atoms with Gasteiger partial charge >= 0.3 is 0 Å². The summed E-state index contributed by atoms with van der Waals surface area (Å²) in [7, 11) is 0. The minimum absolute atomic E-state index is 0.00584. The van der Waals surface area contributed by atoms with Crippen LogP contribution in [-0.2, 0) is 4.79 Å². The van der Waals surface area contributed by atoms with Crippen LogP contribution in [0.2, 0.25) is 0 Å². The molecule has 1 aliphatic rings. The van der Waals surface area contributed by atoms with E-state index in [1.165, 1.54) is 17.7 Å². The molecule has 1 fully saturated rings. The van der Waals surface area contributed by atoms with Crippen LogP contribution >= 0.6 is 0 Å². The van der Waals surface area contributed by atoms with Crippen LogP contribution in [-0.4, -0.2) is 54.5 Å². The van der Waals surface area contributed by atoms with Crippen LogP contribution in [0.25, 0.3) is 6.08 Å². The zero-order valence-electron chi connectivity index (χ0n) is 16.3. The van der Waals surface area contributed by atoms with Gasteiger partial charge in [-0.25, -0.2) is 4.39 Å². The van der Waals surface area contributed by atoms with E-state index in [-0.39, 0.29) is 11.7 Å². The number of amides is 1. The van der Waals surface area contributed by atoms with Crippen molar-refractivity contribution in [3.8, 4) is 5.75 Å². The first kappa shape index (κ1) is 20.1. The molecule has 28 heavy (non-hydrogen) atoms. The summed E-state index contributed by atoms with van der Waals surface area (Å²) in [5.74, 6) is 0.210. The van der Waals surface area contributed by atoms with Crippen LogP contribution in [0.3, 0.4) is 0 Å². The lowest BCUT2D eigenvalue weighted by Crippen LogP contribution is -2.52. The molecule has 4 nitrogen and oxygen atoms in total. The zero-order valence-corrected chi connectivity index (χ0v) is 16.3. The molecule has 0 aliphatic carbocycles. The summed E-state index contributed by atoms with van der Waals surface area (Å²) >= 11 is 0. The second kappa shape index (κ2) is 10.0. The lowest BCUT2D eigenvalue weighted by atomic mass is 10.2. The average molecular weight is 382 g/mol. The predicted molar refractivity (Wildman–Crippen MR) is 110 cm³/mol. The van der Waals surface area contributed by atoms with Crippen molar-refractivity contribution in [2.75, 3.05) is 32.7 Å². The van der Waals surface area contributed by atoms with Crippen LogP contribution in [0.1, 0.15) is 18.9 Å². The number of benzene rings is 2. The summed E-state index contributed by atoms with van der Waals surface area (Å²) in [5, 5.41) is 0. The minimum Gasteiger partial charge on any atom is -0.481 e. The smallest absolute Gasteiger partial charge is 0.263 e. The summed E-state index contributed by atoms with van der Waals surface area (Å²) in [5.41, 5.74) is 1.19. The number of halogens is 1. The normalized spacial score (nSPS) is 16.3. The highest BCUT2D eigenvalue weighted by Crippen LogP contribution is 2.16. The zero-order chi connectivity index (χ0) is 19.8. The van der Waals surface area contributed by atoms with Gasteiger partial charge in [0.15, 0.2) is 6.10 Å². The number of carbonyl (C=O) groups is 1. The quantitative estimate of drug-likeness (QED) is 0.729. The maximum Gasteiger partial charge on any atom is 0.263 e. The van der Waals surface area contributed by atoms with E-state index in [2.05, 4.69) is 29.2 Å². The van der Waals surface area contributed by atoms with Crippen molar-refractivity contribution in [3.05, 3.63) is 72.1 Å². The molecule has 0 radical (unpaired) electrons. The molecule has 0 bridgehead atoms. The van der Waals surface area contributed by atoms with Gasteiger partial charge in [-0.2, -0.15) is 0 Å². The molecule has 1 amide bonds. The van der Waals surface area contributed by atoms with Gasteiger partial charge in [0.25, 0.3) is 5.91 Å². The summed E-state index contributed by atoms with van der Waals surface area (Å²) in [6, 6.07) is 16.0. The number of rotatable bonds is 7. The van der Waals surface area contributed by atoms with E-state index in [4.69, 9.17) is 4.74 Å². The molecule has 0 N–H and O–H groups in total. The SMILES string of the molecule is CC[C@@H](Oc1ccc(F)cc1)C(=O)N1CCN(C/C=C/c2ccccc2)CC1. The Bertz CT molecular complexity index is 769. The first-order chi connectivity index (χ1) is 13.7. The van der Waals surface area contributed by atoms with Gasteiger partial charge in [-0.15, -0.1) is 0 Å². The van der Waals surface area contributed by atoms with Crippen molar-refractivity contribution in [2.45, 2.75) is 19.4 Å². The number of hydrogen-bond donors (Lipinski definition) is 0. The molecule has 0 spiro atoms. The van der Waals surface area contributed by atoms with Gasteiger partial charge in [-0.3, -0.25) is 9.69 Å². The van der Waals surface area contributed by atoms with Gasteiger partial charge in [-0.05, 0) is 36.2 Å². The molecule has 1 aliphatic heterocycles. The van der Waals surface area contributed by atoms with Gasteiger partial charge in [0.2, 0.25) is 0 Å². The molecule has 0 unspecified atom stereocenters. The fourth-order valence-electron chi connectivity index (χ4n) is 3.24. The van der Waals surface area contributed by atoms with Gasteiger partial charge in [0.1, 0.15) is 11.6 Å². The lowest BCUT2D eigenvalue weighted by Gasteiger charge is -2.35. The van der Waals surface area contributed by atoms with Crippen LogP contribution in [0.5, 0.6) is 5.75 Å². The molecular formula is C23H27FN2O2. The van der Waals surface area contributed by atoms with Crippen molar-refractivity contribution in [2.24, 2.45) is 0 Å². The van der Waals surface area contributed by atoms with Crippen LogP contribution in [0.4, 0.5) is 4.39 Å². The number of hydrogen-bond acceptors (Lipinski definition) is 3. The third-order valence-corrected chi connectivity index (χ3v) is 4.90. The monoisotopic (exact) mass is 382 g/mol. The first-order valence-electron chi connectivity index (χ1n) is 9.80. The predicted octanol–water partition coefficient (Wildman–Crippen LogP) is 3.84. The van der Waals surface area contributed by atoms with Gasteiger partial charge < -0.3 is 9.64 Å². The second-order valence-corrected chi connectivity index (χ2v) is 6.91. The highest BCUT2D eigenvalue weighted by molar-refractivity contribution is 5.81. The van der Waals surface area contributed by atoms with Gasteiger partial charge in [0.05, 0.1) is 0 Å². The molecule has 2 aromatic rings. The van der Waals surface area contributed by atoms with Crippen molar-refractivity contribution < 1.29 is 13.9 Å². The lowest BCUT2D eigenvalue weighted by molar-refractivity contribution is -0.140. The summed E-state index contributed by atoms with van der Waals surface area (Å²) in [4.78, 5) is 17.0. The van der Waals surface area contributed by atoms with E-state index >= 15 is 0 Å². The Labute approximate surface area is 166 Å². The van der Waals surface area contributed by atoms with E-state index in [0.717, 1.165) is 19.6 Å². The van der Waals surface area contributed by atoms with E-state index in [9.17, 15) is 9.18 Å². The number of piperazine rings is 1. The Kier molecular flexibility index (Phi) is 7.20. The molecular weight excluding hydrogens is 355 g/mol. The highest BCUT2D eigenvalue weighted by Gasteiger charge is 2.27. The Morgan fingerprint density at radius 3 is 2.39 bits per heavy atom. The fraction of sp³-hybridized carbons (Fsp3) is 0.348. The van der Waals surface area contributed by atoms with Crippen LogP contribution in [0.15, 0.2) is 60.7 Å². The molecule has 2 aromatic carbocycles. The van der Waals surface area contributed by atoms with E-state index in [0.29, 0.717) is 25.3 Å². The number of ether oxygens (including phenoxy) is 1. The van der Waals surface area contributed by atoms with Crippen molar-refractivity contribution in [1.82, 2.24) is 9.80 Å². The first-order valence-corrected chi connectivity index (χ1v) is 9.80.